The molecule has 0 atom stereocenters. The van der Waals surface area contributed by atoms with E-state index in [1.54, 1.807) is 12.1 Å². The van der Waals surface area contributed by atoms with E-state index in [2.05, 4.69) is 9.72 Å². The average Bonchev–Trinajstić information content (AvgIpc) is 3.44. The molecule has 1 aromatic heterocycles. The molecule has 3 aromatic rings. The molecule has 0 amide bonds. The monoisotopic (exact) mass is 447 g/mol. The van der Waals surface area contributed by atoms with Gasteiger partial charge in [-0.15, -0.1) is 13.2 Å². The number of nitrogens with zero attached hydrogens (tertiary/aromatic N) is 1. The van der Waals surface area contributed by atoms with E-state index < -0.39 is 12.3 Å². The molecule has 32 heavy (non-hydrogen) atoms. The second-order valence-corrected chi connectivity index (χ2v) is 7.52. The number of oxazole rings is 1. The fourth-order valence-electron chi connectivity index (χ4n) is 3.38. The SMILES string of the molecule is O=C(O)Cc1ccc(C2CC2)c(OCCc2nc(-c3cccc(OC(F)(F)F)c3)co2)c1. The highest BCUT2D eigenvalue weighted by atomic mass is 19.4. The van der Waals surface area contributed by atoms with Gasteiger partial charge in [0.15, 0.2) is 5.89 Å². The summed E-state index contributed by atoms with van der Waals surface area (Å²) in [5.74, 6) is 0.221. The first-order valence-electron chi connectivity index (χ1n) is 10.0. The van der Waals surface area contributed by atoms with Gasteiger partial charge < -0.3 is 19.0 Å². The highest BCUT2D eigenvalue weighted by Gasteiger charge is 2.31. The number of ether oxygens (including phenoxy) is 2. The molecule has 1 aliphatic rings. The molecule has 0 aliphatic heterocycles. The summed E-state index contributed by atoms with van der Waals surface area (Å²) in [5.41, 5.74) is 2.54. The van der Waals surface area contributed by atoms with E-state index >= 15 is 0 Å². The Morgan fingerprint density at radius 3 is 2.72 bits per heavy atom. The molecule has 0 bridgehead atoms. The Morgan fingerprint density at radius 2 is 2.00 bits per heavy atom. The summed E-state index contributed by atoms with van der Waals surface area (Å²) in [7, 11) is 0. The highest BCUT2D eigenvalue weighted by Crippen LogP contribution is 2.44. The molecule has 1 aliphatic carbocycles. The van der Waals surface area contributed by atoms with Crippen LogP contribution in [0.1, 0.15) is 35.8 Å². The molecule has 9 heteroatoms. The highest BCUT2D eigenvalue weighted by molar-refractivity contribution is 5.70. The van der Waals surface area contributed by atoms with E-state index in [0.717, 1.165) is 18.4 Å². The number of aromatic nitrogens is 1. The number of aliphatic carboxylic acids is 1. The van der Waals surface area contributed by atoms with Crippen molar-refractivity contribution < 1.29 is 37.0 Å². The van der Waals surface area contributed by atoms with E-state index in [1.807, 2.05) is 12.1 Å². The number of carbonyl (C=O) groups is 1. The average molecular weight is 447 g/mol. The number of alkyl halides is 3. The van der Waals surface area contributed by atoms with Crippen molar-refractivity contribution in [2.24, 2.45) is 0 Å². The van der Waals surface area contributed by atoms with Gasteiger partial charge >= 0.3 is 12.3 Å². The zero-order chi connectivity index (χ0) is 22.7. The van der Waals surface area contributed by atoms with E-state index in [-0.39, 0.29) is 18.8 Å². The maximum Gasteiger partial charge on any atom is 0.573 e. The molecule has 0 radical (unpaired) electrons. The smallest absolute Gasteiger partial charge is 0.493 e. The summed E-state index contributed by atoms with van der Waals surface area (Å²) in [5, 5.41) is 9.02. The van der Waals surface area contributed by atoms with E-state index in [4.69, 9.17) is 14.3 Å². The Bertz CT molecular complexity index is 1110. The zero-order valence-electron chi connectivity index (χ0n) is 16.9. The minimum atomic E-state index is -4.77. The summed E-state index contributed by atoms with van der Waals surface area (Å²) < 4.78 is 52.6. The molecule has 1 N–H and O–H groups in total. The summed E-state index contributed by atoms with van der Waals surface area (Å²) in [6.45, 7) is 0.257. The van der Waals surface area contributed by atoms with Gasteiger partial charge in [-0.25, -0.2) is 4.98 Å². The van der Waals surface area contributed by atoms with Crippen molar-refractivity contribution in [1.82, 2.24) is 4.98 Å². The molecule has 1 fully saturated rings. The minimum Gasteiger partial charge on any atom is -0.493 e. The lowest BCUT2D eigenvalue weighted by molar-refractivity contribution is -0.274. The molecule has 1 saturated carbocycles. The van der Waals surface area contributed by atoms with E-state index in [1.165, 1.54) is 24.5 Å². The predicted octanol–water partition coefficient (Wildman–Crippen LogP) is 5.37. The van der Waals surface area contributed by atoms with E-state index in [9.17, 15) is 18.0 Å². The maximum atomic E-state index is 12.4. The number of halogens is 3. The van der Waals surface area contributed by atoms with Crippen molar-refractivity contribution in [2.75, 3.05) is 6.61 Å². The molecule has 0 unspecified atom stereocenters. The predicted molar refractivity (Wildman–Crippen MR) is 108 cm³/mol. The molecule has 168 valence electrons. The van der Waals surface area contributed by atoms with Crippen molar-refractivity contribution >= 4 is 5.97 Å². The van der Waals surface area contributed by atoms with Gasteiger partial charge in [-0.1, -0.05) is 24.3 Å². The number of hydrogen-bond acceptors (Lipinski definition) is 5. The lowest BCUT2D eigenvalue weighted by Gasteiger charge is -2.12. The third-order valence-electron chi connectivity index (χ3n) is 4.94. The second-order valence-electron chi connectivity index (χ2n) is 7.52. The van der Waals surface area contributed by atoms with E-state index in [0.29, 0.717) is 40.8 Å². The fourth-order valence-corrected chi connectivity index (χ4v) is 3.38. The Labute approximate surface area is 181 Å². The summed E-state index contributed by atoms with van der Waals surface area (Å²) >= 11 is 0. The standard InChI is InChI=1S/C23H20F3NO5/c24-23(25,26)32-17-3-1-2-16(12-17)19-13-31-21(27-19)8-9-30-20-10-14(11-22(28)29)4-7-18(20)15-5-6-15/h1-4,7,10,12-13,15H,5-6,8-9,11H2,(H,28,29). The van der Waals surface area contributed by atoms with Crippen LogP contribution in [0.2, 0.25) is 0 Å². The number of benzene rings is 2. The number of hydrogen-bond donors (Lipinski definition) is 1. The molecule has 0 spiro atoms. The molecule has 6 nitrogen and oxygen atoms in total. The molecule has 1 heterocycles. The van der Waals surface area contributed by atoms with Gasteiger partial charge in [0.1, 0.15) is 23.5 Å². The maximum absolute atomic E-state index is 12.4. The molecule has 4 rings (SSSR count). The minimum absolute atomic E-state index is 0.0818. The first-order chi connectivity index (χ1) is 15.3. The first kappa shape index (κ1) is 21.7. The largest absolute Gasteiger partial charge is 0.573 e. The van der Waals surface area contributed by atoms with Crippen LogP contribution in [0, 0.1) is 0 Å². The van der Waals surface area contributed by atoms with Crippen LogP contribution in [-0.4, -0.2) is 29.0 Å². The van der Waals surface area contributed by atoms with Crippen LogP contribution in [0.25, 0.3) is 11.3 Å². The van der Waals surface area contributed by atoms with Crippen LogP contribution in [0.5, 0.6) is 11.5 Å². The normalized spacial score (nSPS) is 13.7. The van der Waals surface area contributed by atoms with Gasteiger partial charge in [0.2, 0.25) is 0 Å². The lowest BCUT2D eigenvalue weighted by Crippen LogP contribution is -2.17. The Balaban J connectivity index is 1.40. The molecular formula is C23H20F3NO5. The Kier molecular flexibility index (Phi) is 6.07. The van der Waals surface area contributed by atoms with Gasteiger partial charge in [-0.3, -0.25) is 4.79 Å². The van der Waals surface area contributed by atoms with Crippen LogP contribution < -0.4 is 9.47 Å². The Morgan fingerprint density at radius 1 is 1.19 bits per heavy atom. The van der Waals surface area contributed by atoms with Gasteiger partial charge in [0.05, 0.1) is 19.4 Å². The first-order valence-corrected chi connectivity index (χ1v) is 10.0. The number of carboxylic acid groups (broad SMARTS) is 1. The van der Waals surface area contributed by atoms with Gasteiger partial charge in [0, 0.05) is 5.56 Å². The van der Waals surface area contributed by atoms with Gasteiger partial charge in [0.25, 0.3) is 0 Å². The number of carboxylic acids is 1. The van der Waals surface area contributed by atoms with Crippen LogP contribution in [0.4, 0.5) is 13.2 Å². The summed E-state index contributed by atoms with van der Waals surface area (Å²) in [6.07, 6.45) is -0.992. The van der Waals surface area contributed by atoms with Crippen molar-refractivity contribution in [3.05, 3.63) is 65.7 Å². The van der Waals surface area contributed by atoms with Crippen molar-refractivity contribution in [2.45, 2.75) is 38.0 Å². The third-order valence-corrected chi connectivity index (χ3v) is 4.94. The van der Waals surface area contributed by atoms with Crippen LogP contribution in [-0.2, 0) is 17.6 Å². The zero-order valence-corrected chi connectivity index (χ0v) is 16.9. The topological polar surface area (TPSA) is 81.8 Å². The molecule has 0 saturated heterocycles. The summed E-state index contributed by atoms with van der Waals surface area (Å²) in [4.78, 5) is 15.3. The summed E-state index contributed by atoms with van der Waals surface area (Å²) in [6, 6.07) is 11.0. The molecular weight excluding hydrogens is 427 g/mol. The van der Waals surface area contributed by atoms with Crippen molar-refractivity contribution in [3.63, 3.8) is 0 Å². The van der Waals surface area contributed by atoms with Crippen LogP contribution in [0.3, 0.4) is 0 Å². The van der Waals surface area contributed by atoms with Crippen LogP contribution >= 0.6 is 0 Å². The van der Waals surface area contributed by atoms with Gasteiger partial charge in [-0.2, -0.15) is 0 Å². The quantitative estimate of drug-likeness (QED) is 0.475. The lowest BCUT2D eigenvalue weighted by atomic mass is 10.0. The van der Waals surface area contributed by atoms with Crippen molar-refractivity contribution in [3.8, 4) is 22.8 Å². The second kappa shape index (κ2) is 8.94. The van der Waals surface area contributed by atoms with Crippen molar-refractivity contribution in [1.29, 1.82) is 0 Å². The Hall–Kier alpha value is -3.49. The molecule has 2 aromatic carbocycles. The van der Waals surface area contributed by atoms with Gasteiger partial charge in [-0.05, 0) is 48.1 Å². The third kappa shape index (κ3) is 5.81. The fraction of sp³-hybridized carbons (Fsp3) is 0.304. The number of rotatable bonds is 9. The van der Waals surface area contributed by atoms with Crippen LogP contribution in [0.15, 0.2) is 53.1 Å².